The Morgan fingerprint density at radius 1 is 1.16 bits per heavy atom. The van der Waals surface area contributed by atoms with E-state index < -0.39 is 11.8 Å². The Morgan fingerprint density at radius 3 is 2.65 bits per heavy atom. The zero-order valence-electron chi connectivity index (χ0n) is 20.6. The molecular formula is C27H27ClFN5O3. The second-order valence-corrected chi connectivity index (χ2v) is 8.80. The van der Waals surface area contributed by atoms with Crippen molar-refractivity contribution in [1.82, 2.24) is 14.9 Å². The second kappa shape index (κ2) is 11.8. The van der Waals surface area contributed by atoms with Gasteiger partial charge in [0.1, 0.15) is 11.6 Å². The average molecular weight is 524 g/mol. The van der Waals surface area contributed by atoms with Crippen LogP contribution in [0.2, 0.25) is 5.02 Å². The fourth-order valence-electron chi connectivity index (χ4n) is 3.98. The maximum Gasteiger partial charge on any atom is 0.330 e. The number of ether oxygens (including phenoxy) is 1. The maximum atomic E-state index is 13.6. The summed E-state index contributed by atoms with van der Waals surface area (Å²) in [5.41, 5.74) is 3.04. The number of carbonyl (C=O) groups is 2. The van der Waals surface area contributed by atoms with Crippen molar-refractivity contribution in [2.75, 3.05) is 43.0 Å². The van der Waals surface area contributed by atoms with E-state index in [0.717, 1.165) is 16.7 Å². The van der Waals surface area contributed by atoms with Gasteiger partial charge >= 0.3 is 5.97 Å². The highest BCUT2D eigenvalue weighted by molar-refractivity contribution is 6.31. The maximum absolute atomic E-state index is 13.6. The lowest BCUT2D eigenvalue weighted by Gasteiger charge is -2.35. The fourth-order valence-corrected chi connectivity index (χ4v) is 4.16. The van der Waals surface area contributed by atoms with Crippen LogP contribution in [0.3, 0.4) is 0 Å². The number of benzene rings is 2. The molecular weight excluding hydrogens is 497 g/mol. The van der Waals surface area contributed by atoms with Gasteiger partial charge in [0, 0.05) is 56.6 Å². The summed E-state index contributed by atoms with van der Waals surface area (Å²) in [7, 11) is 0. The van der Waals surface area contributed by atoms with Crippen LogP contribution >= 0.6 is 11.6 Å². The molecule has 1 saturated heterocycles. The molecule has 1 aliphatic heterocycles. The fraction of sp³-hybridized carbons (Fsp3) is 0.259. The highest BCUT2D eigenvalue weighted by Gasteiger charge is 2.23. The summed E-state index contributed by atoms with van der Waals surface area (Å²) in [6.07, 6.45) is 4.81. The number of halogens is 2. The van der Waals surface area contributed by atoms with Gasteiger partial charge in [-0.05, 0) is 48.4 Å². The number of carbonyl (C=O) groups excluding carboxylic acids is 2. The highest BCUT2D eigenvalue weighted by Crippen LogP contribution is 2.32. The van der Waals surface area contributed by atoms with Gasteiger partial charge in [-0.15, -0.1) is 0 Å². The van der Waals surface area contributed by atoms with Crippen LogP contribution in [0.4, 0.5) is 21.8 Å². The van der Waals surface area contributed by atoms with E-state index in [2.05, 4.69) is 15.2 Å². The summed E-state index contributed by atoms with van der Waals surface area (Å²) < 4.78 is 18.5. The third-order valence-electron chi connectivity index (χ3n) is 5.87. The van der Waals surface area contributed by atoms with Crippen molar-refractivity contribution in [2.45, 2.75) is 13.8 Å². The lowest BCUT2D eigenvalue weighted by Crippen LogP contribution is -2.48. The third kappa shape index (κ3) is 6.62. The number of piperazine rings is 1. The number of aromatic nitrogens is 2. The smallest absolute Gasteiger partial charge is 0.330 e. The highest BCUT2D eigenvalue weighted by atomic mass is 35.5. The average Bonchev–Trinajstić information content (AvgIpc) is 2.90. The van der Waals surface area contributed by atoms with Crippen LogP contribution in [-0.2, 0) is 14.3 Å². The van der Waals surface area contributed by atoms with Crippen molar-refractivity contribution >= 4 is 47.0 Å². The lowest BCUT2D eigenvalue weighted by atomic mass is 10.0. The first-order valence-electron chi connectivity index (χ1n) is 11.9. The van der Waals surface area contributed by atoms with Gasteiger partial charge in [-0.3, -0.25) is 4.79 Å². The molecule has 1 N–H and O–H groups in total. The standard InChI is InChI=1S/C27H27ClFN5O3/c1-3-37-25(36)10-7-19-5-4-6-20(15-19)22-17-30-27(31-21-8-9-24(29)23(28)16-21)32-26(22)34-13-11-33(12-14-34)18(2)35/h4-10,15-17H,3,11-14H2,1-2H3,(H,30,31,32)/b10-7+. The van der Waals surface area contributed by atoms with Crippen LogP contribution in [-0.4, -0.2) is 59.5 Å². The first-order chi connectivity index (χ1) is 17.8. The predicted octanol–water partition coefficient (Wildman–Crippen LogP) is 4.92. The lowest BCUT2D eigenvalue weighted by molar-refractivity contribution is -0.137. The Morgan fingerprint density at radius 2 is 1.95 bits per heavy atom. The third-order valence-corrected chi connectivity index (χ3v) is 6.15. The van der Waals surface area contributed by atoms with E-state index in [4.69, 9.17) is 21.3 Å². The zero-order valence-corrected chi connectivity index (χ0v) is 21.3. The molecule has 10 heteroatoms. The number of anilines is 3. The molecule has 2 heterocycles. The zero-order chi connectivity index (χ0) is 26.4. The first kappa shape index (κ1) is 26.1. The summed E-state index contributed by atoms with van der Waals surface area (Å²) >= 11 is 5.92. The summed E-state index contributed by atoms with van der Waals surface area (Å²) in [5.74, 6) is 0.148. The van der Waals surface area contributed by atoms with E-state index >= 15 is 0 Å². The largest absolute Gasteiger partial charge is 0.463 e. The molecule has 8 nitrogen and oxygen atoms in total. The van der Waals surface area contributed by atoms with Gasteiger partial charge in [0.25, 0.3) is 0 Å². The minimum Gasteiger partial charge on any atom is -0.463 e. The van der Waals surface area contributed by atoms with Gasteiger partial charge in [0.05, 0.1) is 11.6 Å². The molecule has 1 fully saturated rings. The topological polar surface area (TPSA) is 87.7 Å². The van der Waals surface area contributed by atoms with Crippen molar-refractivity contribution in [3.63, 3.8) is 0 Å². The van der Waals surface area contributed by atoms with Gasteiger partial charge in [0.15, 0.2) is 0 Å². The van der Waals surface area contributed by atoms with Crippen molar-refractivity contribution in [2.24, 2.45) is 0 Å². The van der Waals surface area contributed by atoms with Crippen molar-refractivity contribution < 1.29 is 18.7 Å². The van der Waals surface area contributed by atoms with Crippen molar-refractivity contribution in [1.29, 1.82) is 0 Å². The molecule has 1 amide bonds. The molecule has 4 rings (SSSR count). The molecule has 37 heavy (non-hydrogen) atoms. The van der Waals surface area contributed by atoms with Crippen molar-refractivity contribution in [3.8, 4) is 11.1 Å². The Bertz CT molecular complexity index is 1330. The molecule has 1 aliphatic rings. The van der Waals surface area contributed by atoms with Crippen LogP contribution in [0.5, 0.6) is 0 Å². The van der Waals surface area contributed by atoms with Crippen LogP contribution in [0.15, 0.2) is 54.7 Å². The van der Waals surface area contributed by atoms with E-state index in [1.807, 2.05) is 24.3 Å². The quantitative estimate of drug-likeness (QED) is 0.347. The molecule has 0 spiro atoms. The monoisotopic (exact) mass is 523 g/mol. The van der Waals surface area contributed by atoms with Crippen molar-refractivity contribution in [3.05, 3.63) is 71.1 Å². The number of rotatable bonds is 7. The molecule has 1 aromatic heterocycles. The van der Waals surface area contributed by atoms with Gasteiger partial charge in [-0.25, -0.2) is 14.2 Å². The number of hydrogen-bond donors (Lipinski definition) is 1. The van der Waals surface area contributed by atoms with E-state index in [9.17, 15) is 14.0 Å². The SMILES string of the molecule is CCOC(=O)/C=C/c1cccc(-c2cnc(Nc3ccc(F)c(Cl)c3)nc2N2CCN(C(C)=O)CC2)c1. The van der Waals surface area contributed by atoms with Crippen LogP contribution < -0.4 is 10.2 Å². The molecule has 192 valence electrons. The van der Waals surface area contributed by atoms with E-state index in [1.54, 1.807) is 37.1 Å². The predicted molar refractivity (Wildman–Crippen MR) is 142 cm³/mol. The molecule has 0 radical (unpaired) electrons. The van der Waals surface area contributed by atoms with Gasteiger partial charge in [-0.1, -0.05) is 29.8 Å². The Balaban J connectivity index is 1.67. The van der Waals surface area contributed by atoms with E-state index in [1.165, 1.54) is 18.2 Å². The summed E-state index contributed by atoms with van der Waals surface area (Å²) in [5, 5.41) is 3.08. The van der Waals surface area contributed by atoms with Crippen LogP contribution in [0, 0.1) is 5.82 Å². The summed E-state index contributed by atoms with van der Waals surface area (Å²) in [6, 6.07) is 12.0. The normalized spacial score (nSPS) is 13.6. The first-order valence-corrected chi connectivity index (χ1v) is 12.3. The molecule has 0 unspecified atom stereocenters. The minimum absolute atomic E-state index is 0.00473. The van der Waals surface area contributed by atoms with E-state index in [-0.39, 0.29) is 10.9 Å². The Kier molecular flexibility index (Phi) is 8.35. The van der Waals surface area contributed by atoms with Gasteiger partial charge in [0.2, 0.25) is 11.9 Å². The van der Waals surface area contributed by atoms with E-state index in [0.29, 0.717) is 50.2 Å². The molecule has 2 aromatic carbocycles. The number of hydrogen-bond acceptors (Lipinski definition) is 7. The van der Waals surface area contributed by atoms with Gasteiger partial charge < -0.3 is 19.9 Å². The Hall–Kier alpha value is -3.98. The number of nitrogens with zero attached hydrogens (tertiary/aromatic N) is 4. The second-order valence-electron chi connectivity index (χ2n) is 8.39. The number of nitrogens with one attached hydrogen (secondary N) is 1. The molecule has 3 aromatic rings. The molecule has 0 atom stereocenters. The van der Waals surface area contributed by atoms with Gasteiger partial charge in [-0.2, -0.15) is 4.98 Å². The Labute approximate surface area is 219 Å². The number of esters is 1. The van der Waals surface area contributed by atoms with Crippen LogP contribution in [0.1, 0.15) is 19.4 Å². The minimum atomic E-state index is -0.510. The van der Waals surface area contributed by atoms with Crippen LogP contribution in [0.25, 0.3) is 17.2 Å². The summed E-state index contributed by atoms with van der Waals surface area (Å²) in [4.78, 5) is 36.7. The number of amides is 1. The molecule has 0 saturated carbocycles. The molecule has 0 aliphatic carbocycles. The molecule has 0 bridgehead atoms. The summed E-state index contributed by atoms with van der Waals surface area (Å²) in [6.45, 7) is 6.01.